The summed E-state index contributed by atoms with van der Waals surface area (Å²) in [5, 5.41) is 9.07. The summed E-state index contributed by atoms with van der Waals surface area (Å²) in [6.45, 7) is 21.1. The number of allylic oxidation sites excluding steroid dienone is 4. The fourth-order valence-electron chi connectivity index (χ4n) is 8.71. The van der Waals surface area contributed by atoms with E-state index in [-0.39, 0.29) is 33.9 Å². The summed E-state index contributed by atoms with van der Waals surface area (Å²) >= 11 is 0. The van der Waals surface area contributed by atoms with Crippen LogP contribution in [0.25, 0.3) is 0 Å². The Kier molecular flexibility index (Phi) is 9.18. The number of carbonyl (C=O) groups excluding carboxylic acids is 2. The van der Waals surface area contributed by atoms with Gasteiger partial charge in [0.1, 0.15) is 19.0 Å². The standard InChI is InChI=1S/C41H49N3O7S/c1-10-42-24(3)39(4,5)29-22-33-30(23-32(29)42)41(8,9)34(43(33)11-2)20-26-37(47)27(38(26)48)21-35-40(6,7)28-19-25(52(49,50)51)16-17-31(28)44(35)18-14-12-13-15-36(45)46/h16-17,19-23,27H,10-15,18H2,1-9H3/p+2/b26-20?,35-21+. The zero-order valence-electron chi connectivity index (χ0n) is 31.8. The molecule has 2 aromatic rings. The molecule has 10 nitrogen and oxygen atoms in total. The van der Waals surface area contributed by atoms with Crippen molar-refractivity contribution in [3.05, 3.63) is 70.4 Å². The summed E-state index contributed by atoms with van der Waals surface area (Å²) in [4.78, 5) is 40.8. The number of rotatable bonds is 11. The average Bonchev–Trinajstić information content (AvgIpc) is 3.50. The number of ketones is 2. The van der Waals surface area contributed by atoms with Crippen molar-refractivity contribution in [2.24, 2.45) is 5.92 Å². The van der Waals surface area contributed by atoms with Crippen molar-refractivity contribution in [2.45, 2.75) is 109 Å². The van der Waals surface area contributed by atoms with E-state index >= 15 is 0 Å². The molecule has 6 rings (SSSR count). The highest BCUT2D eigenvalue weighted by molar-refractivity contribution is 7.85. The Labute approximate surface area is 307 Å². The van der Waals surface area contributed by atoms with Crippen molar-refractivity contribution >= 4 is 56.1 Å². The van der Waals surface area contributed by atoms with E-state index in [1.54, 1.807) is 18.2 Å². The van der Waals surface area contributed by atoms with Crippen LogP contribution in [-0.2, 0) is 40.7 Å². The number of aliphatic carboxylic acids is 1. The SMILES string of the molecule is CC[N+]1=C(C)C(C)(C)c2cc3c(cc21)C(C)(C)C(C=C1C(=O)C(/C=C2/N(CCCCCC(=O)O)c4ccc(S(=O)(=O)O)cc4C2(C)C)C1=O)=[N+]3CC. The molecule has 52 heavy (non-hydrogen) atoms. The second kappa shape index (κ2) is 12.7. The van der Waals surface area contributed by atoms with Gasteiger partial charge in [0.15, 0.2) is 23.0 Å². The number of Topliss-reactive ketones (excluding diaryl/α,β-unsaturated/α-hetero) is 2. The third kappa shape index (κ3) is 5.71. The minimum atomic E-state index is -4.47. The van der Waals surface area contributed by atoms with Crippen molar-refractivity contribution < 1.29 is 41.6 Å². The molecule has 0 unspecified atom stereocenters. The molecule has 1 saturated carbocycles. The summed E-state index contributed by atoms with van der Waals surface area (Å²) in [6.07, 6.45) is 5.39. The molecule has 0 amide bonds. The van der Waals surface area contributed by atoms with Gasteiger partial charge in [0.25, 0.3) is 10.1 Å². The fraction of sp³-hybridized carbons (Fsp3) is 0.488. The first-order valence-electron chi connectivity index (χ1n) is 18.3. The molecule has 2 aromatic carbocycles. The van der Waals surface area contributed by atoms with Gasteiger partial charge in [-0.2, -0.15) is 17.6 Å². The molecule has 0 atom stereocenters. The first kappa shape index (κ1) is 37.5. The van der Waals surface area contributed by atoms with Crippen LogP contribution >= 0.6 is 0 Å². The maximum absolute atomic E-state index is 14.0. The van der Waals surface area contributed by atoms with Crippen LogP contribution in [0.2, 0.25) is 0 Å². The molecular formula is C41H51N3O7S+2. The Morgan fingerprint density at radius 1 is 0.846 bits per heavy atom. The lowest BCUT2D eigenvalue weighted by Crippen LogP contribution is -2.42. The predicted molar refractivity (Wildman–Crippen MR) is 202 cm³/mol. The Bertz CT molecular complexity index is 2170. The van der Waals surface area contributed by atoms with Crippen LogP contribution in [0.15, 0.2) is 58.6 Å². The summed E-state index contributed by atoms with van der Waals surface area (Å²) in [5.74, 6) is -2.36. The maximum atomic E-state index is 14.0. The molecule has 0 saturated heterocycles. The molecule has 3 heterocycles. The molecule has 1 aliphatic carbocycles. The van der Waals surface area contributed by atoms with Gasteiger partial charge in [-0.25, -0.2) is 0 Å². The van der Waals surface area contributed by atoms with Crippen LogP contribution < -0.4 is 4.90 Å². The van der Waals surface area contributed by atoms with Crippen molar-refractivity contribution in [1.82, 2.24) is 0 Å². The topological polar surface area (TPSA) is 135 Å². The highest BCUT2D eigenvalue weighted by atomic mass is 32.2. The third-order valence-corrected chi connectivity index (χ3v) is 12.9. The maximum Gasteiger partial charge on any atom is 0.303 e. The number of nitrogens with zero attached hydrogens (tertiary/aromatic N) is 3. The van der Waals surface area contributed by atoms with Crippen LogP contribution in [0.1, 0.15) is 105 Å². The van der Waals surface area contributed by atoms with Gasteiger partial charge in [0, 0.05) is 66.0 Å². The number of anilines is 1. The number of benzene rings is 2. The second-order valence-electron chi connectivity index (χ2n) is 16.0. The monoisotopic (exact) mass is 729 g/mol. The van der Waals surface area contributed by atoms with Crippen molar-refractivity contribution in [2.75, 3.05) is 24.5 Å². The number of hydrogen-bond acceptors (Lipinski definition) is 6. The predicted octanol–water partition coefficient (Wildman–Crippen LogP) is 6.77. The highest BCUT2D eigenvalue weighted by Crippen LogP contribution is 2.51. The van der Waals surface area contributed by atoms with Gasteiger partial charge in [-0.15, -0.1) is 0 Å². The molecule has 1 fully saturated rings. The van der Waals surface area contributed by atoms with E-state index in [1.807, 2.05) is 18.7 Å². The first-order valence-corrected chi connectivity index (χ1v) is 19.7. The van der Waals surface area contributed by atoms with E-state index in [0.29, 0.717) is 43.6 Å². The van der Waals surface area contributed by atoms with E-state index in [2.05, 4.69) is 69.7 Å². The number of hydrogen-bond donors (Lipinski definition) is 2. The zero-order chi connectivity index (χ0) is 38.3. The van der Waals surface area contributed by atoms with Gasteiger partial charge in [-0.3, -0.25) is 18.9 Å². The Morgan fingerprint density at radius 2 is 1.44 bits per heavy atom. The third-order valence-electron chi connectivity index (χ3n) is 12.1. The highest BCUT2D eigenvalue weighted by Gasteiger charge is 2.53. The quantitative estimate of drug-likeness (QED) is 0.0647. The Morgan fingerprint density at radius 3 is 2.02 bits per heavy atom. The van der Waals surface area contributed by atoms with Gasteiger partial charge in [-0.1, -0.05) is 20.3 Å². The lowest BCUT2D eigenvalue weighted by atomic mass is 9.72. The van der Waals surface area contributed by atoms with E-state index in [1.165, 1.54) is 29.1 Å². The number of carboxylic acids is 1. The molecule has 0 aromatic heterocycles. The number of carboxylic acid groups (broad SMARTS) is 1. The average molecular weight is 730 g/mol. The van der Waals surface area contributed by atoms with Crippen LogP contribution in [0.4, 0.5) is 17.1 Å². The summed E-state index contributed by atoms with van der Waals surface area (Å²) in [7, 11) is -4.47. The van der Waals surface area contributed by atoms with Crippen LogP contribution in [0.3, 0.4) is 0 Å². The van der Waals surface area contributed by atoms with Crippen LogP contribution in [-0.4, -0.2) is 75.8 Å². The van der Waals surface area contributed by atoms with E-state index in [9.17, 15) is 27.4 Å². The minimum absolute atomic E-state index is 0.0643. The van der Waals surface area contributed by atoms with Gasteiger partial charge in [0.2, 0.25) is 11.4 Å². The molecule has 0 spiro atoms. The largest absolute Gasteiger partial charge is 0.481 e. The normalized spacial score (nSPS) is 21.9. The van der Waals surface area contributed by atoms with Crippen molar-refractivity contribution in [1.29, 1.82) is 0 Å². The molecule has 0 bridgehead atoms. The van der Waals surface area contributed by atoms with Crippen LogP contribution in [0.5, 0.6) is 0 Å². The molecular weight excluding hydrogens is 679 g/mol. The number of carbonyl (C=O) groups is 3. The Hall–Kier alpha value is -4.22. The van der Waals surface area contributed by atoms with Gasteiger partial charge in [-0.05, 0) is 84.2 Å². The number of unbranched alkanes of at least 4 members (excludes halogenated alkanes) is 2. The van der Waals surface area contributed by atoms with Gasteiger partial charge < -0.3 is 10.0 Å². The zero-order valence-corrected chi connectivity index (χ0v) is 32.6. The second-order valence-corrected chi connectivity index (χ2v) is 17.5. The van der Waals surface area contributed by atoms with Crippen molar-refractivity contribution in [3.63, 3.8) is 0 Å². The van der Waals surface area contributed by atoms with Gasteiger partial charge >= 0.3 is 5.97 Å². The molecule has 4 aliphatic rings. The lowest BCUT2D eigenvalue weighted by Gasteiger charge is -2.31. The molecule has 11 heteroatoms. The van der Waals surface area contributed by atoms with E-state index in [4.69, 9.17) is 5.11 Å². The molecule has 276 valence electrons. The van der Waals surface area contributed by atoms with Gasteiger partial charge in [0.05, 0.1) is 21.3 Å². The van der Waals surface area contributed by atoms with E-state index < -0.39 is 32.8 Å². The summed E-state index contributed by atoms with van der Waals surface area (Å²) in [6, 6.07) is 9.02. The molecule has 0 radical (unpaired) electrons. The fourth-order valence-corrected chi connectivity index (χ4v) is 9.22. The molecule has 2 N–H and O–H groups in total. The van der Waals surface area contributed by atoms with Crippen molar-refractivity contribution in [3.8, 4) is 0 Å². The van der Waals surface area contributed by atoms with E-state index in [0.717, 1.165) is 29.2 Å². The summed E-state index contributed by atoms with van der Waals surface area (Å²) < 4.78 is 38.5. The smallest absolute Gasteiger partial charge is 0.303 e. The summed E-state index contributed by atoms with van der Waals surface area (Å²) in [5.41, 5.74) is 7.82. The Balaban J connectivity index is 1.35. The van der Waals surface area contributed by atoms with Crippen LogP contribution in [0, 0.1) is 5.92 Å². The first-order chi connectivity index (χ1) is 24.2. The molecule has 3 aliphatic heterocycles. The lowest BCUT2D eigenvalue weighted by molar-refractivity contribution is -0.436. The minimum Gasteiger partial charge on any atom is -0.481 e. The number of fused-ring (bicyclic) bond motifs is 3.